The Morgan fingerprint density at radius 1 is 1.14 bits per heavy atom. The first-order chi connectivity index (χ1) is 13.3. The highest BCUT2D eigenvalue weighted by Gasteiger charge is 2.31. The van der Waals surface area contributed by atoms with Crippen LogP contribution in [0.15, 0.2) is 36.7 Å². The monoisotopic (exact) mass is 414 g/mol. The molecule has 6 nitrogen and oxygen atoms in total. The highest BCUT2D eigenvalue weighted by Crippen LogP contribution is 2.33. The average Bonchev–Trinajstić information content (AvgIpc) is 2.65. The number of hydrogen-bond acceptors (Lipinski definition) is 4. The standard InChI is InChI=1S/C18H18ClF3N4O2/c19-14-7-2-11(18(20,21)22)10-15(14)26-16(27)25-12-3-5-13(6-4-12)28-17-23-8-1-9-24-17/h1-2,7-10,12-13H,3-6H2,(H2,25,26,27)/t12-,13-. The number of nitrogens with zero attached hydrogens (tertiary/aromatic N) is 2. The Balaban J connectivity index is 1.50. The zero-order chi connectivity index (χ0) is 20.1. The van der Waals surface area contributed by atoms with Crippen LogP contribution in [-0.4, -0.2) is 28.1 Å². The van der Waals surface area contributed by atoms with E-state index in [9.17, 15) is 18.0 Å². The van der Waals surface area contributed by atoms with Crippen molar-refractivity contribution in [2.24, 2.45) is 0 Å². The molecule has 0 radical (unpaired) electrons. The number of alkyl halides is 3. The number of ether oxygens (including phenoxy) is 1. The lowest BCUT2D eigenvalue weighted by atomic mass is 9.93. The lowest BCUT2D eigenvalue weighted by Gasteiger charge is -2.28. The maximum Gasteiger partial charge on any atom is 0.416 e. The van der Waals surface area contributed by atoms with Gasteiger partial charge in [0.05, 0.1) is 16.3 Å². The third-order valence-corrected chi connectivity index (χ3v) is 4.70. The maximum atomic E-state index is 12.8. The molecule has 2 aromatic rings. The smallest absolute Gasteiger partial charge is 0.416 e. The van der Waals surface area contributed by atoms with Crippen LogP contribution in [0.4, 0.5) is 23.7 Å². The van der Waals surface area contributed by atoms with Gasteiger partial charge in [0.2, 0.25) is 0 Å². The van der Waals surface area contributed by atoms with Crippen LogP contribution < -0.4 is 15.4 Å². The Hall–Kier alpha value is -2.55. The van der Waals surface area contributed by atoms with E-state index in [1.54, 1.807) is 18.5 Å². The van der Waals surface area contributed by atoms with Crippen LogP contribution in [0.1, 0.15) is 31.2 Å². The number of rotatable bonds is 4. The van der Waals surface area contributed by atoms with Crippen LogP contribution in [0.5, 0.6) is 6.01 Å². The van der Waals surface area contributed by atoms with Crippen molar-refractivity contribution in [1.82, 2.24) is 15.3 Å². The molecule has 1 aliphatic rings. The molecule has 1 aromatic heterocycles. The Bertz CT molecular complexity index is 812. The summed E-state index contributed by atoms with van der Waals surface area (Å²) in [5.74, 6) is 0. The van der Waals surface area contributed by atoms with Gasteiger partial charge in [0.25, 0.3) is 0 Å². The molecule has 1 fully saturated rings. The molecule has 28 heavy (non-hydrogen) atoms. The minimum absolute atomic E-state index is 0.0307. The first kappa shape index (κ1) is 20.2. The molecular weight excluding hydrogens is 397 g/mol. The fourth-order valence-electron chi connectivity index (χ4n) is 2.96. The zero-order valence-corrected chi connectivity index (χ0v) is 15.4. The summed E-state index contributed by atoms with van der Waals surface area (Å²) in [4.78, 5) is 20.2. The van der Waals surface area contributed by atoms with Gasteiger partial charge in [-0.1, -0.05) is 11.6 Å². The molecule has 1 saturated carbocycles. The van der Waals surface area contributed by atoms with Crippen molar-refractivity contribution in [1.29, 1.82) is 0 Å². The highest BCUT2D eigenvalue weighted by molar-refractivity contribution is 6.33. The molecule has 0 spiro atoms. The molecule has 10 heteroatoms. The second-order valence-electron chi connectivity index (χ2n) is 6.41. The van der Waals surface area contributed by atoms with Crippen molar-refractivity contribution in [3.63, 3.8) is 0 Å². The summed E-state index contributed by atoms with van der Waals surface area (Å²) >= 11 is 5.89. The molecule has 1 heterocycles. The predicted molar refractivity (Wildman–Crippen MR) is 97.3 cm³/mol. The number of urea groups is 1. The van der Waals surface area contributed by atoms with E-state index in [0.29, 0.717) is 31.7 Å². The number of anilines is 1. The van der Waals surface area contributed by atoms with E-state index in [4.69, 9.17) is 16.3 Å². The second-order valence-corrected chi connectivity index (χ2v) is 6.82. The van der Waals surface area contributed by atoms with E-state index < -0.39 is 17.8 Å². The normalized spacial score (nSPS) is 19.7. The molecule has 0 atom stereocenters. The maximum absolute atomic E-state index is 12.8. The molecule has 2 amide bonds. The third kappa shape index (κ3) is 5.48. The largest absolute Gasteiger partial charge is 0.460 e. The van der Waals surface area contributed by atoms with E-state index >= 15 is 0 Å². The molecule has 1 aromatic carbocycles. The quantitative estimate of drug-likeness (QED) is 0.762. The highest BCUT2D eigenvalue weighted by atomic mass is 35.5. The second kappa shape index (κ2) is 8.64. The molecule has 0 saturated heterocycles. The Labute approximate surface area is 164 Å². The molecular formula is C18H18ClF3N4O2. The Morgan fingerprint density at radius 3 is 2.46 bits per heavy atom. The summed E-state index contributed by atoms with van der Waals surface area (Å²) in [6, 6.07) is 4.08. The summed E-state index contributed by atoms with van der Waals surface area (Å²) in [5, 5.41) is 5.18. The number of nitrogens with one attached hydrogen (secondary N) is 2. The Kier molecular flexibility index (Phi) is 6.23. The summed E-state index contributed by atoms with van der Waals surface area (Å²) in [6.45, 7) is 0. The van der Waals surface area contributed by atoms with Gasteiger partial charge in [-0.25, -0.2) is 14.8 Å². The fraction of sp³-hybridized carbons (Fsp3) is 0.389. The van der Waals surface area contributed by atoms with E-state index in [0.717, 1.165) is 18.2 Å². The van der Waals surface area contributed by atoms with Gasteiger partial charge in [0, 0.05) is 18.4 Å². The zero-order valence-electron chi connectivity index (χ0n) is 14.7. The van der Waals surface area contributed by atoms with Gasteiger partial charge in [0.15, 0.2) is 0 Å². The van der Waals surface area contributed by atoms with Crippen LogP contribution in [-0.2, 0) is 6.18 Å². The lowest BCUT2D eigenvalue weighted by Crippen LogP contribution is -2.41. The SMILES string of the molecule is O=C(Nc1cc(C(F)(F)F)ccc1Cl)N[C@H]1CC[C@H](Oc2ncccn2)CC1. The van der Waals surface area contributed by atoms with E-state index in [2.05, 4.69) is 20.6 Å². The van der Waals surface area contributed by atoms with E-state index in [-0.39, 0.29) is 22.9 Å². The van der Waals surface area contributed by atoms with Gasteiger partial charge in [-0.3, -0.25) is 0 Å². The van der Waals surface area contributed by atoms with Gasteiger partial charge in [-0.2, -0.15) is 13.2 Å². The number of carbonyl (C=O) groups excluding carboxylic acids is 1. The first-order valence-electron chi connectivity index (χ1n) is 8.69. The van der Waals surface area contributed by atoms with Gasteiger partial charge >= 0.3 is 18.2 Å². The molecule has 3 rings (SSSR count). The molecule has 150 valence electrons. The van der Waals surface area contributed by atoms with E-state index in [1.165, 1.54) is 0 Å². The number of carbonyl (C=O) groups is 1. The van der Waals surface area contributed by atoms with Gasteiger partial charge in [0.1, 0.15) is 6.10 Å². The Morgan fingerprint density at radius 2 is 1.82 bits per heavy atom. The third-order valence-electron chi connectivity index (χ3n) is 4.37. The molecule has 2 N–H and O–H groups in total. The minimum Gasteiger partial charge on any atom is -0.460 e. The summed E-state index contributed by atoms with van der Waals surface area (Å²) in [6.07, 6.45) is 1.38. The summed E-state index contributed by atoms with van der Waals surface area (Å²) in [5.41, 5.74) is -0.972. The van der Waals surface area contributed by atoms with Crippen molar-refractivity contribution >= 4 is 23.3 Å². The van der Waals surface area contributed by atoms with Crippen molar-refractivity contribution in [3.05, 3.63) is 47.2 Å². The van der Waals surface area contributed by atoms with Gasteiger partial charge in [-0.05, 0) is 49.9 Å². The first-order valence-corrected chi connectivity index (χ1v) is 9.07. The van der Waals surface area contributed by atoms with Crippen molar-refractivity contribution in [2.75, 3.05) is 5.32 Å². The van der Waals surface area contributed by atoms with Crippen LogP contribution in [0.25, 0.3) is 0 Å². The number of aromatic nitrogens is 2. The minimum atomic E-state index is -4.52. The van der Waals surface area contributed by atoms with Gasteiger partial charge in [-0.15, -0.1) is 0 Å². The number of benzene rings is 1. The molecule has 0 bridgehead atoms. The summed E-state index contributed by atoms with van der Waals surface area (Å²) < 4.78 is 44.1. The fourth-order valence-corrected chi connectivity index (χ4v) is 3.13. The molecule has 0 unspecified atom stereocenters. The number of hydrogen-bond donors (Lipinski definition) is 2. The van der Waals surface area contributed by atoms with Crippen LogP contribution in [0.2, 0.25) is 5.02 Å². The molecule has 0 aliphatic heterocycles. The molecule has 1 aliphatic carbocycles. The van der Waals surface area contributed by atoms with Crippen molar-refractivity contribution < 1.29 is 22.7 Å². The predicted octanol–water partition coefficient (Wildman–Crippen LogP) is 4.66. The number of amides is 2. The van der Waals surface area contributed by atoms with Crippen LogP contribution in [0.3, 0.4) is 0 Å². The lowest BCUT2D eigenvalue weighted by molar-refractivity contribution is -0.137. The van der Waals surface area contributed by atoms with E-state index in [1.807, 2.05) is 0 Å². The number of halogens is 4. The average molecular weight is 415 g/mol. The van der Waals surface area contributed by atoms with Crippen LogP contribution >= 0.6 is 11.6 Å². The summed E-state index contributed by atoms with van der Waals surface area (Å²) in [7, 11) is 0. The van der Waals surface area contributed by atoms with Crippen LogP contribution in [0, 0.1) is 0 Å². The van der Waals surface area contributed by atoms with Crippen molar-refractivity contribution in [2.45, 2.75) is 44.0 Å². The van der Waals surface area contributed by atoms with Crippen molar-refractivity contribution in [3.8, 4) is 6.01 Å². The van der Waals surface area contributed by atoms with Gasteiger partial charge < -0.3 is 15.4 Å². The topological polar surface area (TPSA) is 76.1 Å².